The first-order valence-corrected chi connectivity index (χ1v) is 6.86. The van der Waals surface area contributed by atoms with Crippen LogP contribution in [0.25, 0.3) is 0 Å². The van der Waals surface area contributed by atoms with Crippen LogP contribution in [0.3, 0.4) is 0 Å². The number of hydrogen-bond donors (Lipinski definition) is 4. The number of ether oxygens (including phenoxy) is 4. The van der Waals surface area contributed by atoms with Crippen LogP contribution in [0.15, 0.2) is 49.8 Å². The number of rotatable bonds is 8. The summed E-state index contributed by atoms with van der Waals surface area (Å²) in [7, 11) is 13.3. The quantitative estimate of drug-likeness (QED) is 0.489. The van der Waals surface area contributed by atoms with Crippen molar-refractivity contribution in [1.29, 1.82) is 0 Å². The Kier molecular flexibility index (Phi) is 31.0. The first kappa shape index (κ1) is 29.4. The smallest absolute Gasteiger partial charge is 0.270 e. The highest BCUT2D eigenvalue weighted by Gasteiger charge is 1.77. The molecule has 0 radical (unpaired) electrons. The van der Waals surface area contributed by atoms with Gasteiger partial charge in [0.2, 0.25) is 0 Å². The molecule has 0 aromatic heterocycles. The van der Waals surface area contributed by atoms with E-state index in [-0.39, 0.29) is 0 Å². The first-order chi connectivity index (χ1) is 11.2. The largest absolute Gasteiger partial charge is 0.483 e. The van der Waals surface area contributed by atoms with Gasteiger partial charge in [0.25, 0.3) is 5.95 Å². The standard InChI is InChI=1S/C4H10N2.2C4H9NO.C4H8O2/c4*1-4(5-2)6-3/h5-6H,1H2,2-3H3;2*5H,1H2,2-3H3;1H2,2-3H3. The number of nitrogens with one attached hydrogen (secondary N) is 4. The summed E-state index contributed by atoms with van der Waals surface area (Å²) < 4.78 is 18.2. The molecule has 8 nitrogen and oxygen atoms in total. The van der Waals surface area contributed by atoms with E-state index in [9.17, 15) is 0 Å². The van der Waals surface area contributed by atoms with E-state index in [4.69, 9.17) is 0 Å². The van der Waals surface area contributed by atoms with Gasteiger partial charge in [-0.3, -0.25) is 0 Å². The minimum Gasteiger partial charge on any atom is -0.483 e. The molecule has 0 aliphatic rings. The Hall–Kier alpha value is -2.64. The van der Waals surface area contributed by atoms with E-state index >= 15 is 0 Å². The van der Waals surface area contributed by atoms with Crippen LogP contribution in [-0.4, -0.2) is 56.6 Å². The van der Waals surface area contributed by atoms with Crippen LogP contribution in [0, 0.1) is 0 Å². The predicted octanol–water partition coefficient (Wildman–Crippen LogP) is 1.29. The lowest BCUT2D eigenvalue weighted by molar-refractivity contribution is 0.0976. The Morgan fingerprint density at radius 3 is 0.833 bits per heavy atom. The lowest BCUT2D eigenvalue weighted by Gasteiger charge is -1.98. The summed E-state index contributed by atoms with van der Waals surface area (Å²) in [5, 5.41) is 11.0. The van der Waals surface area contributed by atoms with Crippen molar-refractivity contribution in [2.45, 2.75) is 0 Å². The molecular formula is C16H36N4O4. The Morgan fingerprint density at radius 1 is 0.542 bits per heavy atom. The van der Waals surface area contributed by atoms with Crippen LogP contribution in [0.2, 0.25) is 0 Å². The van der Waals surface area contributed by atoms with E-state index in [0.717, 1.165) is 5.82 Å². The number of methoxy groups -OCH3 is 4. The summed E-state index contributed by atoms with van der Waals surface area (Å²) in [5.41, 5.74) is 0. The molecule has 0 aliphatic heterocycles. The lowest BCUT2D eigenvalue weighted by atomic mass is 10.8. The van der Waals surface area contributed by atoms with Crippen LogP contribution in [-0.2, 0) is 18.9 Å². The molecule has 0 aromatic rings. The molecule has 0 fully saturated rings. The summed E-state index contributed by atoms with van der Waals surface area (Å²) in [5.74, 6) is 2.37. The van der Waals surface area contributed by atoms with Crippen LogP contribution in [0.1, 0.15) is 0 Å². The van der Waals surface area contributed by atoms with E-state index in [0.29, 0.717) is 17.7 Å². The summed E-state index contributed by atoms with van der Waals surface area (Å²) in [6, 6.07) is 0. The molecule has 0 saturated heterocycles. The SMILES string of the molecule is C=C(NC)NC.C=C(NC)OC.C=C(NC)OC.C=C(OC)OC. The third-order valence-electron chi connectivity index (χ3n) is 2.11. The minimum atomic E-state index is 0.343. The second kappa shape index (κ2) is 25.3. The highest BCUT2D eigenvalue weighted by Crippen LogP contribution is 1.85. The summed E-state index contributed by atoms with van der Waals surface area (Å²) >= 11 is 0. The van der Waals surface area contributed by atoms with Gasteiger partial charge in [-0.15, -0.1) is 0 Å². The molecule has 144 valence electrons. The normalized spacial score (nSPS) is 7.00. The molecule has 0 saturated carbocycles. The molecule has 0 heterocycles. The summed E-state index contributed by atoms with van der Waals surface area (Å²) in [6.45, 7) is 13.8. The Labute approximate surface area is 147 Å². The molecule has 0 atom stereocenters. The van der Waals surface area contributed by atoms with Crippen molar-refractivity contribution in [2.75, 3.05) is 56.6 Å². The Morgan fingerprint density at radius 2 is 0.833 bits per heavy atom. The van der Waals surface area contributed by atoms with E-state index < -0.39 is 0 Å². The monoisotopic (exact) mass is 348 g/mol. The molecular weight excluding hydrogens is 312 g/mol. The van der Waals surface area contributed by atoms with Gasteiger partial charge in [-0.05, 0) is 19.7 Å². The zero-order chi connectivity index (χ0) is 20.0. The molecule has 0 spiro atoms. The van der Waals surface area contributed by atoms with Crippen molar-refractivity contribution in [3.8, 4) is 0 Å². The molecule has 0 unspecified atom stereocenters. The fraction of sp³-hybridized carbons (Fsp3) is 0.500. The Balaban J connectivity index is -0.000000111. The average Bonchev–Trinajstić information content (AvgIpc) is 2.66. The van der Waals surface area contributed by atoms with Gasteiger partial charge in [0.15, 0.2) is 11.8 Å². The zero-order valence-corrected chi connectivity index (χ0v) is 16.5. The van der Waals surface area contributed by atoms with Crippen LogP contribution in [0.4, 0.5) is 0 Å². The van der Waals surface area contributed by atoms with E-state index in [1.807, 2.05) is 14.1 Å². The van der Waals surface area contributed by atoms with Crippen molar-refractivity contribution < 1.29 is 18.9 Å². The third kappa shape index (κ3) is 36.6. The molecule has 24 heavy (non-hydrogen) atoms. The van der Waals surface area contributed by atoms with Gasteiger partial charge >= 0.3 is 0 Å². The van der Waals surface area contributed by atoms with E-state index in [2.05, 4.69) is 66.5 Å². The van der Waals surface area contributed by atoms with Crippen LogP contribution >= 0.6 is 0 Å². The molecule has 0 aromatic carbocycles. The van der Waals surface area contributed by atoms with Crippen molar-refractivity contribution >= 4 is 0 Å². The van der Waals surface area contributed by atoms with Crippen LogP contribution in [0.5, 0.6) is 0 Å². The van der Waals surface area contributed by atoms with Gasteiger partial charge in [0, 0.05) is 28.2 Å². The second-order valence-electron chi connectivity index (χ2n) is 3.51. The fourth-order valence-electron chi connectivity index (χ4n) is 0.412. The lowest BCUT2D eigenvalue weighted by Crippen LogP contribution is -2.17. The van der Waals surface area contributed by atoms with Gasteiger partial charge in [-0.25, -0.2) is 0 Å². The molecule has 0 aliphatic carbocycles. The minimum absolute atomic E-state index is 0.343. The molecule has 8 heteroatoms. The maximum atomic E-state index is 4.59. The Bertz CT molecular complexity index is 246. The van der Waals surface area contributed by atoms with Gasteiger partial charge < -0.3 is 40.2 Å². The second-order valence-corrected chi connectivity index (χ2v) is 3.51. The van der Waals surface area contributed by atoms with Gasteiger partial charge in [-0.1, -0.05) is 6.58 Å². The van der Waals surface area contributed by atoms with Crippen molar-refractivity contribution in [3.63, 3.8) is 0 Å². The highest BCUT2D eigenvalue weighted by atomic mass is 16.7. The van der Waals surface area contributed by atoms with Gasteiger partial charge in [0.05, 0.1) is 34.3 Å². The molecule has 0 rings (SSSR count). The first-order valence-electron chi connectivity index (χ1n) is 6.86. The predicted molar refractivity (Wildman–Crippen MR) is 101 cm³/mol. The topological polar surface area (TPSA) is 85.0 Å². The maximum absolute atomic E-state index is 4.59. The van der Waals surface area contributed by atoms with Gasteiger partial charge in [0.1, 0.15) is 0 Å². The van der Waals surface area contributed by atoms with E-state index in [1.165, 1.54) is 14.2 Å². The zero-order valence-electron chi connectivity index (χ0n) is 16.5. The fourth-order valence-corrected chi connectivity index (χ4v) is 0.412. The van der Waals surface area contributed by atoms with Crippen molar-refractivity contribution in [3.05, 3.63) is 49.8 Å². The summed E-state index contributed by atoms with van der Waals surface area (Å²) in [6.07, 6.45) is 0. The molecule has 0 amide bonds. The van der Waals surface area contributed by atoms with Crippen molar-refractivity contribution in [2.24, 2.45) is 0 Å². The van der Waals surface area contributed by atoms with E-state index in [1.54, 1.807) is 28.3 Å². The third-order valence-corrected chi connectivity index (χ3v) is 2.11. The summed E-state index contributed by atoms with van der Waals surface area (Å²) in [4.78, 5) is 0. The van der Waals surface area contributed by atoms with Crippen LogP contribution < -0.4 is 21.3 Å². The molecule has 4 N–H and O–H groups in total. The number of hydrogen-bond acceptors (Lipinski definition) is 8. The molecule has 0 bridgehead atoms. The maximum Gasteiger partial charge on any atom is 0.270 e. The van der Waals surface area contributed by atoms with Gasteiger partial charge in [-0.2, -0.15) is 0 Å². The highest BCUT2D eigenvalue weighted by molar-refractivity contribution is 4.82. The average molecular weight is 348 g/mol. The van der Waals surface area contributed by atoms with Crippen molar-refractivity contribution in [1.82, 2.24) is 21.3 Å².